The molecule has 4 heterocycles. The van der Waals surface area contributed by atoms with Crippen molar-refractivity contribution in [2.24, 2.45) is 0 Å². The number of unbranched alkanes of at least 4 members (excludes halogenated alkanes) is 10. The summed E-state index contributed by atoms with van der Waals surface area (Å²) in [6, 6.07) is 0. The Morgan fingerprint density at radius 2 is 0.848 bits per heavy atom. The van der Waals surface area contributed by atoms with Gasteiger partial charge in [0, 0.05) is 25.7 Å². The molecule has 4 rings (SSSR count). The second kappa shape index (κ2) is 16.3. The van der Waals surface area contributed by atoms with Gasteiger partial charge in [0.15, 0.2) is 0 Å². The molecule has 0 spiro atoms. The van der Waals surface area contributed by atoms with Gasteiger partial charge in [0.1, 0.15) is 20.7 Å². The van der Waals surface area contributed by atoms with Crippen molar-refractivity contribution in [3.8, 4) is 0 Å². The maximum absolute atomic E-state index is 13.3. The van der Waals surface area contributed by atoms with Gasteiger partial charge in [-0.05, 0) is 26.7 Å². The van der Waals surface area contributed by atoms with Gasteiger partial charge in [-0.15, -0.1) is 0 Å². The van der Waals surface area contributed by atoms with Crippen molar-refractivity contribution < 1.29 is 49.6 Å². The molecule has 4 aliphatic heterocycles. The summed E-state index contributed by atoms with van der Waals surface area (Å²) in [5, 5.41) is 0. The van der Waals surface area contributed by atoms with Crippen LogP contribution in [0.4, 0.5) is 0 Å². The zero-order valence-electron chi connectivity index (χ0n) is 27.9. The monoisotopic (exact) mass is 722 g/mol. The van der Waals surface area contributed by atoms with E-state index in [-0.39, 0.29) is 116 Å². The van der Waals surface area contributed by atoms with Gasteiger partial charge in [0.2, 0.25) is 11.6 Å². The van der Waals surface area contributed by atoms with Crippen LogP contribution in [0.3, 0.4) is 0 Å². The molecule has 6 unspecified atom stereocenters. The predicted octanol–water partition coefficient (Wildman–Crippen LogP) is 5.70. The molecule has 46 heavy (non-hydrogen) atoms. The molecule has 4 fully saturated rings. The average Bonchev–Trinajstić information content (AvgIpc) is 2.86. The van der Waals surface area contributed by atoms with E-state index >= 15 is 0 Å². The fraction of sp³-hybridized carbons (Fsp3) is 1.00. The Hall–Kier alpha value is 1.26. The molecule has 0 aliphatic carbocycles. The van der Waals surface area contributed by atoms with Gasteiger partial charge in [-0.25, -0.2) is 0 Å². The van der Waals surface area contributed by atoms with Crippen molar-refractivity contribution >= 4 is 71.6 Å². The van der Waals surface area contributed by atoms with E-state index in [1.54, 1.807) is 0 Å². The van der Waals surface area contributed by atoms with Crippen molar-refractivity contribution in [2.75, 3.05) is 26.4 Å². The molecule has 11 nitrogen and oxygen atoms in total. The van der Waals surface area contributed by atoms with Crippen LogP contribution in [0.25, 0.3) is 0 Å². The first-order valence-corrected chi connectivity index (χ1v) is 20.2. The summed E-state index contributed by atoms with van der Waals surface area (Å²) in [7, 11) is -9.35. The quantitative estimate of drug-likeness (QED) is 0.0804. The molecule has 4 saturated heterocycles. The Labute approximate surface area is 320 Å². The normalized spacial score (nSPS) is 33.7. The minimum absolute atomic E-state index is 0. The van der Waals surface area contributed by atoms with Crippen LogP contribution in [0.5, 0.6) is 0 Å². The second-order valence-electron chi connectivity index (χ2n) is 14.1. The zero-order chi connectivity index (χ0) is 33.1. The molecular weight excluding hydrogens is 664 g/mol. The molecule has 0 aromatic rings. The number of hydrogen-bond donors (Lipinski definition) is 2. The Balaban J connectivity index is 0.00000576. The van der Waals surface area contributed by atoms with Gasteiger partial charge in [-0.1, -0.05) is 90.9 Å². The molecule has 6 atom stereocenters. The van der Waals surface area contributed by atoms with Crippen LogP contribution in [0.2, 0.25) is 0 Å². The van der Waals surface area contributed by atoms with Gasteiger partial charge in [-0.2, -0.15) is 16.8 Å². The molecule has 0 bridgehead atoms. The Kier molecular flexibility index (Phi) is 14.8. The minimum atomic E-state index is -4.68. The molecule has 14 heteroatoms. The molecular formula is C32H59KO11S2. The Bertz CT molecular complexity index is 1100. The molecule has 266 valence electrons. The van der Waals surface area contributed by atoms with Crippen LogP contribution in [-0.2, 0) is 43.9 Å². The topological polar surface area (TPSA) is 155 Å². The molecule has 4 aliphatic rings. The van der Waals surface area contributed by atoms with Gasteiger partial charge in [0.25, 0.3) is 20.2 Å². The standard InChI is InChI=1S/C32H58O11S2.K.H/c1-5-7-9-11-13-15-17-27(3,44(33,34)35)29(19-23-39-29)31(21-25-41-31)43-32(22-26-42-32)30(20-24-40-30)28(4,45(36,37)38)18-16-14-12-10-8-6-2;;/h5-26H2,1-4H3,(H,33,34,35)(H,36,37,38);;. The van der Waals surface area contributed by atoms with E-state index in [4.69, 9.17) is 23.7 Å². The van der Waals surface area contributed by atoms with E-state index in [9.17, 15) is 25.9 Å². The van der Waals surface area contributed by atoms with Crippen molar-refractivity contribution in [1.82, 2.24) is 0 Å². The third-order valence-electron chi connectivity index (χ3n) is 11.6. The van der Waals surface area contributed by atoms with Crippen LogP contribution in [0, 0.1) is 0 Å². The molecule has 2 N–H and O–H groups in total. The van der Waals surface area contributed by atoms with E-state index in [0.717, 1.165) is 64.2 Å². The first kappa shape index (κ1) is 41.7. The average molecular weight is 723 g/mol. The van der Waals surface area contributed by atoms with E-state index < -0.39 is 52.5 Å². The summed E-state index contributed by atoms with van der Waals surface area (Å²) in [6.45, 7) is 8.32. The number of ether oxygens (including phenoxy) is 5. The van der Waals surface area contributed by atoms with Gasteiger partial charge in [-0.3, -0.25) is 9.11 Å². The van der Waals surface area contributed by atoms with Crippen LogP contribution in [0.15, 0.2) is 0 Å². The third-order valence-corrected chi connectivity index (χ3v) is 14.9. The van der Waals surface area contributed by atoms with E-state index in [1.807, 2.05) is 0 Å². The summed E-state index contributed by atoms with van der Waals surface area (Å²) in [5.41, 5.74) is -3.11. The molecule has 0 radical (unpaired) electrons. The number of hydrogen-bond acceptors (Lipinski definition) is 9. The predicted molar refractivity (Wildman–Crippen MR) is 177 cm³/mol. The molecule has 0 aromatic heterocycles. The Morgan fingerprint density at radius 1 is 0.565 bits per heavy atom. The third kappa shape index (κ3) is 7.16. The van der Waals surface area contributed by atoms with Crippen molar-refractivity contribution in [3.63, 3.8) is 0 Å². The first-order valence-electron chi connectivity index (χ1n) is 17.4. The molecule has 0 saturated carbocycles. The second-order valence-corrected chi connectivity index (χ2v) is 17.8. The van der Waals surface area contributed by atoms with E-state index in [1.165, 1.54) is 13.8 Å². The van der Waals surface area contributed by atoms with Crippen molar-refractivity contribution in [1.29, 1.82) is 0 Å². The summed E-state index contributed by atoms with van der Waals surface area (Å²) in [6.07, 6.45) is 12.5. The van der Waals surface area contributed by atoms with Crippen molar-refractivity contribution in [3.05, 3.63) is 0 Å². The van der Waals surface area contributed by atoms with Crippen LogP contribution >= 0.6 is 0 Å². The Morgan fingerprint density at radius 3 is 1.07 bits per heavy atom. The van der Waals surface area contributed by atoms with E-state index in [2.05, 4.69) is 13.8 Å². The first-order chi connectivity index (χ1) is 21.2. The zero-order valence-corrected chi connectivity index (χ0v) is 29.6. The van der Waals surface area contributed by atoms with Gasteiger partial charge >= 0.3 is 51.4 Å². The van der Waals surface area contributed by atoms with Crippen LogP contribution in [0.1, 0.15) is 143 Å². The fourth-order valence-electron chi connectivity index (χ4n) is 8.22. The summed E-state index contributed by atoms with van der Waals surface area (Å²) in [5.74, 6) is -3.27. The number of rotatable bonds is 22. The van der Waals surface area contributed by atoms with Gasteiger partial charge in [0.05, 0.1) is 26.4 Å². The van der Waals surface area contributed by atoms with E-state index in [0.29, 0.717) is 12.8 Å². The van der Waals surface area contributed by atoms with Crippen molar-refractivity contribution in [2.45, 2.75) is 176 Å². The van der Waals surface area contributed by atoms with Crippen LogP contribution < -0.4 is 0 Å². The molecule has 0 aromatic carbocycles. The fourth-order valence-corrected chi connectivity index (χ4v) is 10.5. The SMILES string of the molecule is CCCCCCCCC(C)(C1(C2(OC3(C4(C(C)(CCCCCCCC)S(=O)(=O)O)CCO4)CCO3)CCO2)CCO1)S(=O)(=O)O.[KH]. The van der Waals surface area contributed by atoms with Crippen LogP contribution in [-0.4, -0.2) is 136 Å². The van der Waals surface area contributed by atoms with Gasteiger partial charge < -0.3 is 23.7 Å². The summed E-state index contributed by atoms with van der Waals surface area (Å²) in [4.78, 5) is 0. The molecule has 0 amide bonds. The summed E-state index contributed by atoms with van der Waals surface area (Å²) < 4.78 is 103. The summed E-state index contributed by atoms with van der Waals surface area (Å²) >= 11 is 0. The maximum atomic E-state index is 13.3.